The minimum Gasteiger partial charge on any atom is -0.497 e. The summed E-state index contributed by atoms with van der Waals surface area (Å²) in [6.07, 6.45) is 1.12. The lowest BCUT2D eigenvalue weighted by atomic mass is 10.2. The van der Waals surface area contributed by atoms with E-state index in [4.69, 9.17) is 16.3 Å². The molecule has 0 unspecified atom stereocenters. The molecular formula is C19H16ClN3O6S. The second-order valence-corrected chi connectivity index (χ2v) is 8.53. The monoisotopic (exact) mass is 449 g/mol. The number of carbonyl (C=O) groups is 2. The quantitative estimate of drug-likeness (QED) is 0.592. The molecule has 0 radical (unpaired) electrons. The van der Waals surface area contributed by atoms with E-state index in [0.29, 0.717) is 5.02 Å². The van der Waals surface area contributed by atoms with E-state index in [9.17, 15) is 23.1 Å². The molecule has 156 valence electrons. The SMILES string of the molecule is COc1cc(NC(=O)c2cnn(C)c2C(=O)O)cc(S(=O)(=O)c2ccc(Cl)cc2)c1. The van der Waals surface area contributed by atoms with Crippen LogP contribution in [0.2, 0.25) is 5.02 Å². The van der Waals surface area contributed by atoms with E-state index in [1.54, 1.807) is 0 Å². The Morgan fingerprint density at radius 2 is 1.80 bits per heavy atom. The number of halogens is 1. The molecule has 0 saturated heterocycles. The predicted octanol–water partition coefficient (Wildman–Crippen LogP) is 2.87. The number of sulfone groups is 1. The average molecular weight is 450 g/mol. The topological polar surface area (TPSA) is 128 Å². The van der Waals surface area contributed by atoms with Gasteiger partial charge in [0.2, 0.25) is 9.84 Å². The molecule has 0 bridgehead atoms. The first-order chi connectivity index (χ1) is 14.1. The maximum absolute atomic E-state index is 13.0. The van der Waals surface area contributed by atoms with Gasteiger partial charge in [0.25, 0.3) is 5.91 Å². The third-order valence-corrected chi connectivity index (χ3v) is 6.19. The minimum atomic E-state index is -3.93. The van der Waals surface area contributed by atoms with Crippen LogP contribution in [0.15, 0.2) is 58.5 Å². The number of hydrogen-bond donors (Lipinski definition) is 2. The first kappa shape index (κ1) is 21.3. The molecule has 30 heavy (non-hydrogen) atoms. The number of anilines is 1. The van der Waals surface area contributed by atoms with Gasteiger partial charge in [0.1, 0.15) is 5.75 Å². The summed E-state index contributed by atoms with van der Waals surface area (Å²) in [6, 6.07) is 9.61. The lowest BCUT2D eigenvalue weighted by molar-refractivity contribution is 0.0680. The molecule has 0 aliphatic heterocycles. The zero-order valence-corrected chi connectivity index (χ0v) is 17.4. The van der Waals surface area contributed by atoms with Gasteiger partial charge in [0.05, 0.1) is 28.7 Å². The second kappa shape index (κ2) is 8.17. The van der Waals surface area contributed by atoms with Crippen molar-refractivity contribution in [2.24, 2.45) is 7.05 Å². The Morgan fingerprint density at radius 3 is 2.40 bits per heavy atom. The molecule has 2 aromatic carbocycles. The van der Waals surface area contributed by atoms with Crippen molar-refractivity contribution in [2.45, 2.75) is 9.79 Å². The fourth-order valence-corrected chi connectivity index (χ4v) is 4.17. The van der Waals surface area contributed by atoms with Crippen molar-refractivity contribution in [1.82, 2.24) is 9.78 Å². The van der Waals surface area contributed by atoms with Gasteiger partial charge in [-0.05, 0) is 36.4 Å². The number of amides is 1. The van der Waals surface area contributed by atoms with Crippen LogP contribution in [0.5, 0.6) is 5.75 Å². The molecule has 0 spiro atoms. The highest BCUT2D eigenvalue weighted by atomic mass is 35.5. The highest BCUT2D eigenvalue weighted by molar-refractivity contribution is 7.91. The van der Waals surface area contributed by atoms with E-state index in [1.807, 2.05) is 0 Å². The van der Waals surface area contributed by atoms with E-state index < -0.39 is 21.7 Å². The van der Waals surface area contributed by atoms with Gasteiger partial charge in [-0.15, -0.1) is 0 Å². The Kier molecular flexibility index (Phi) is 5.81. The second-order valence-electron chi connectivity index (χ2n) is 6.14. The summed E-state index contributed by atoms with van der Waals surface area (Å²) in [5.41, 5.74) is -0.369. The molecule has 1 aromatic heterocycles. The highest BCUT2D eigenvalue weighted by Crippen LogP contribution is 2.29. The number of nitrogens with one attached hydrogen (secondary N) is 1. The van der Waals surface area contributed by atoms with Crippen LogP contribution in [0.1, 0.15) is 20.8 Å². The lowest BCUT2D eigenvalue weighted by Crippen LogP contribution is -2.17. The summed E-state index contributed by atoms with van der Waals surface area (Å²) in [7, 11) is -1.19. The Hall–Kier alpha value is -3.37. The van der Waals surface area contributed by atoms with Gasteiger partial charge in [0, 0.05) is 23.8 Å². The van der Waals surface area contributed by atoms with Crippen LogP contribution in [0.4, 0.5) is 5.69 Å². The molecule has 1 heterocycles. The number of carboxylic acid groups (broad SMARTS) is 1. The summed E-state index contributed by atoms with van der Waals surface area (Å²) < 4.78 is 32.1. The number of ether oxygens (including phenoxy) is 1. The van der Waals surface area contributed by atoms with E-state index in [1.165, 1.54) is 56.6 Å². The number of aromatic carboxylic acids is 1. The van der Waals surface area contributed by atoms with Crippen LogP contribution in [-0.4, -0.2) is 42.3 Å². The number of carbonyl (C=O) groups excluding carboxylic acids is 1. The number of carboxylic acids is 1. The molecule has 3 aromatic rings. The van der Waals surface area contributed by atoms with Gasteiger partial charge in [-0.25, -0.2) is 13.2 Å². The van der Waals surface area contributed by atoms with Crippen LogP contribution < -0.4 is 10.1 Å². The number of benzene rings is 2. The molecular weight excluding hydrogens is 434 g/mol. The Morgan fingerprint density at radius 1 is 1.13 bits per heavy atom. The van der Waals surface area contributed by atoms with Crippen molar-refractivity contribution in [3.05, 3.63) is 64.9 Å². The van der Waals surface area contributed by atoms with Gasteiger partial charge in [-0.2, -0.15) is 5.10 Å². The largest absolute Gasteiger partial charge is 0.497 e. The summed E-state index contributed by atoms with van der Waals surface area (Å²) in [5, 5.41) is 15.9. The van der Waals surface area contributed by atoms with Crippen LogP contribution in [0.3, 0.4) is 0 Å². The number of nitrogens with zero attached hydrogens (tertiary/aromatic N) is 2. The molecule has 11 heteroatoms. The van der Waals surface area contributed by atoms with E-state index in [0.717, 1.165) is 10.9 Å². The van der Waals surface area contributed by atoms with Crippen molar-refractivity contribution in [2.75, 3.05) is 12.4 Å². The van der Waals surface area contributed by atoms with Crippen LogP contribution in [0, 0.1) is 0 Å². The maximum Gasteiger partial charge on any atom is 0.354 e. The molecule has 0 aliphatic carbocycles. The standard InChI is InChI=1S/C19H16ClN3O6S/c1-23-17(19(25)26)16(10-21-23)18(24)22-12-7-13(29-2)9-15(8-12)30(27,28)14-5-3-11(20)4-6-14/h3-10H,1-2H3,(H,22,24)(H,25,26). The van der Waals surface area contributed by atoms with Gasteiger partial charge in [-0.1, -0.05) is 11.6 Å². The van der Waals surface area contributed by atoms with E-state index >= 15 is 0 Å². The Balaban J connectivity index is 2.00. The smallest absolute Gasteiger partial charge is 0.354 e. The summed E-state index contributed by atoms with van der Waals surface area (Å²) in [6.45, 7) is 0. The first-order valence-electron chi connectivity index (χ1n) is 8.40. The van der Waals surface area contributed by atoms with Crippen molar-refractivity contribution in [3.8, 4) is 5.75 Å². The maximum atomic E-state index is 13.0. The average Bonchev–Trinajstić information content (AvgIpc) is 3.10. The number of hydrogen-bond acceptors (Lipinski definition) is 6. The first-order valence-corrected chi connectivity index (χ1v) is 10.3. The Bertz CT molecular complexity index is 1240. The zero-order chi connectivity index (χ0) is 22.1. The molecule has 3 rings (SSSR count). The van der Waals surface area contributed by atoms with Crippen LogP contribution in [-0.2, 0) is 16.9 Å². The highest BCUT2D eigenvalue weighted by Gasteiger charge is 2.23. The molecule has 0 atom stereocenters. The van der Waals surface area contributed by atoms with Crippen molar-refractivity contribution in [1.29, 1.82) is 0 Å². The predicted molar refractivity (Wildman–Crippen MR) is 108 cm³/mol. The van der Waals surface area contributed by atoms with Gasteiger partial charge < -0.3 is 15.2 Å². The molecule has 0 saturated carbocycles. The summed E-state index contributed by atoms with van der Waals surface area (Å²) in [5.74, 6) is -1.90. The Labute approximate surface area is 176 Å². The summed E-state index contributed by atoms with van der Waals surface area (Å²) >= 11 is 5.82. The van der Waals surface area contributed by atoms with E-state index in [-0.39, 0.29) is 32.5 Å². The third-order valence-electron chi connectivity index (χ3n) is 4.19. The number of aryl methyl sites for hydroxylation is 1. The van der Waals surface area contributed by atoms with Gasteiger partial charge >= 0.3 is 5.97 Å². The van der Waals surface area contributed by atoms with Crippen LogP contribution >= 0.6 is 11.6 Å². The van der Waals surface area contributed by atoms with Gasteiger partial charge in [-0.3, -0.25) is 9.48 Å². The lowest BCUT2D eigenvalue weighted by Gasteiger charge is -2.11. The number of rotatable bonds is 6. The zero-order valence-electron chi connectivity index (χ0n) is 15.8. The fraction of sp³-hybridized carbons (Fsp3) is 0.105. The number of methoxy groups -OCH3 is 1. The molecule has 2 N–H and O–H groups in total. The van der Waals surface area contributed by atoms with Crippen molar-refractivity contribution >= 4 is 39.0 Å². The van der Waals surface area contributed by atoms with Crippen LogP contribution in [0.25, 0.3) is 0 Å². The minimum absolute atomic E-state index is 0.0119. The third kappa shape index (κ3) is 4.14. The molecule has 1 amide bonds. The van der Waals surface area contributed by atoms with Crippen molar-refractivity contribution < 1.29 is 27.9 Å². The van der Waals surface area contributed by atoms with Gasteiger partial charge in [0.15, 0.2) is 5.69 Å². The number of aromatic nitrogens is 2. The molecule has 9 nitrogen and oxygen atoms in total. The molecule has 0 aliphatic rings. The fourth-order valence-electron chi connectivity index (χ4n) is 2.72. The normalized spacial score (nSPS) is 11.2. The molecule has 0 fully saturated rings. The summed E-state index contributed by atoms with van der Waals surface area (Å²) in [4.78, 5) is 23.9. The van der Waals surface area contributed by atoms with E-state index in [2.05, 4.69) is 10.4 Å². The van der Waals surface area contributed by atoms with Crippen molar-refractivity contribution in [3.63, 3.8) is 0 Å².